The van der Waals surface area contributed by atoms with Crippen LogP contribution in [0.4, 0.5) is 0 Å². The number of nitrogens with zero attached hydrogens (tertiary/aromatic N) is 1. The Balaban J connectivity index is 2.16. The van der Waals surface area contributed by atoms with E-state index < -0.39 is 11.5 Å². The van der Waals surface area contributed by atoms with E-state index in [4.69, 9.17) is 4.42 Å². The fraction of sp³-hybridized carbons (Fsp3) is 0.583. The van der Waals surface area contributed by atoms with Gasteiger partial charge in [-0.25, -0.2) is 0 Å². The van der Waals surface area contributed by atoms with E-state index in [0.29, 0.717) is 13.0 Å². The van der Waals surface area contributed by atoms with Crippen molar-refractivity contribution in [3.63, 3.8) is 0 Å². The third kappa shape index (κ3) is 1.73. The minimum absolute atomic E-state index is 0.585. The lowest BCUT2D eigenvalue weighted by Crippen LogP contribution is -2.47. The van der Waals surface area contributed by atoms with Gasteiger partial charge in [-0.05, 0) is 44.9 Å². The molecule has 4 heteroatoms. The molecule has 0 aromatic carbocycles. The van der Waals surface area contributed by atoms with Crippen LogP contribution >= 0.6 is 0 Å². The fourth-order valence-corrected chi connectivity index (χ4v) is 2.25. The first-order valence-electron chi connectivity index (χ1n) is 5.55. The van der Waals surface area contributed by atoms with E-state index >= 15 is 0 Å². The number of aryl methyl sites for hydroxylation is 1. The Labute approximate surface area is 94.9 Å². The molecule has 0 amide bonds. The summed E-state index contributed by atoms with van der Waals surface area (Å²) in [5.74, 6) is 0.128. The Kier molecular flexibility index (Phi) is 2.76. The normalized spacial score (nSPS) is 26.1. The van der Waals surface area contributed by atoms with Gasteiger partial charge in [-0.3, -0.25) is 9.69 Å². The summed E-state index contributed by atoms with van der Waals surface area (Å²) in [5.41, 5.74) is 0.346. The molecule has 1 aromatic rings. The molecule has 1 atom stereocenters. The number of carboxylic acid groups (broad SMARTS) is 1. The van der Waals surface area contributed by atoms with Crippen molar-refractivity contribution in [3.8, 4) is 0 Å². The number of hydrogen-bond acceptors (Lipinski definition) is 3. The molecule has 1 aliphatic rings. The average Bonchev–Trinajstić information content (AvgIpc) is 2.77. The molecule has 0 bridgehead atoms. The summed E-state index contributed by atoms with van der Waals surface area (Å²) in [4.78, 5) is 13.3. The van der Waals surface area contributed by atoms with Gasteiger partial charge in [-0.15, -0.1) is 0 Å². The van der Waals surface area contributed by atoms with Gasteiger partial charge in [0.25, 0.3) is 0 Å². The van der Waals surface area contributed by atoms with Gasteiger partial charge in [0.1, 0.15) is 11.3 Å². The zero-order valence-electron chi connectivity index (χ0n) is 9.69. The van der Waals surface area contributed by atoms with Gasteiger partial charge >= 0.3 is 5.97 Å². The molecule has 88 valence electrons. The molecule has 2 heterocycles. The topological polar surface area (TPSA) is 53.7 Å². The second kappa shape index (κ2) is 3.94. The van der Waals surface area contributed by atoms with Crippen molar-refractivity contribution >= 4 is 5.97 Å². The monoisotopic (exact) mass is 223 g/mol. The molecule has 1 aliphatic heterocycles. The van der Waals surface area contributed by atoms with Crippen molar-refractivity contribution in [2.75, 3.05) is 6.54 Å². The molecule has 0 aliphatic carbocycles. The number of aliphatic carboxylic acids is 1. The maximum absolute atomic E-state index is 11.3. The van der Waals surface area contributed by atoms with Crippen molar-refractivity contribution in [2.45, 2.75) is 38.8 Å². The highest BCUT2D eigenvalue weighted by Gasteiger charge is 2.43. The van der Waals surface area contributed by atoms with Crippen molar-refractivity contribution in [3.05, 3.63) is 23.7 Å². The smallest absolute Gasteiger partial charge is 0.323 e. The minimum Gasteiger partial charge on any atom is -0.480 e. The van der Waals surface area contributed by atoms with Gasteiger partial charge < -0.3 is 9.52 Å². The summed E-state index contributed by atoms with van der Waals surface area (Å²) in [6.07, 6.45) is 3.30. The summed E-state index contributed by atoms with van der Waals surface area (Å²) in [7, 11) is 0. The van der Waals surface area contributed by atoms with Gasteiger partial charge in [0.2, 0.25) is 0 Å². The van der Waals surface area contributed by atoms with E-state index in [1.54, 1.807) is 13.2 Å². The maximum atomic E-state index is 11.3. The third-order valence-electron chi connectivity index (χ3n) is 3.55. The first-order valence-corrected chi connectivity index (χ1v) is 5.55. The predicted molar refractivity (Wildman–Crippen MR) is 59.1 cm³/mol. The Hall–Kier alpha value is -1.29. The van der Waals surface area contributed by atoms with Crippen LogP contribution in [0, 0.1) is 6.92 Å². The average molecular weight is 223 g/mol. The van der Waals surface area contributed by atoms with Crippen LogP contribution in [0.5, 0.6) is 0 Å². The SMILES string of the molecule is Cc1ccoc1CN1CCCC1(C)C(=O)O. The summed E-state index contributed by atoms with van der Waals surface area (Å²) < 4.78 is 5.36. The molecule has 0 saturated carbocycles. The number of rotatable bonds is 3. The Morgan fingerprint density at radius 1 is 1.69 bits per heavy atom. The lowest BCUT2D eigenvalue weighted by Gasteiger charge is -2.30. The highest BCUT2D eigenvalue weighted by Crippen LogP contribution is 2.31. The van der Waals surface area contributed by atoms with Gasteiger partial charge in [0.05, 0.1) is 12.8 Å². The highest BCUT2D eigenvalue weighted by atomic mass is 16.4. The van der Waals surface area contributed by atoms with Crippen LogP contribution in [0.2, 0.25) is 0 Å². The number of furan rings is 1. The second-order valence-corrected chi connectivity index (χ2v) is 4.63. The molecule has 2 rings (SSSR count). The van der Waals surface area contributed by atoms with Crippen LogP contribution in [0.25, 0.3) is 0 Å². The predicted octanol–water partition coefficient (Wildman–Crippen LogP) is 2.03. The third-order valence-corrected chi connectivity index (χ3v) is 3.55. The van der Waals surface area contributed by atoms with Crippen LogP contribution in [-0.2, 0) is 11.3 Å². The van der Waals surface area contributed by atoms with Crippen LogP contribution in [0.1, 0.15) is 31.1 Å². The second-order valence-electron chi connectivity index (χ2n) is 4.63. The first-order chi connectivity index (χ1) is 7.54. The Morgan fingerprint density at radius 2 is 2.44 bits per heavy atom. The molecular formula is C12H17NO3. The highest BCUT2D eigenvalue weighted by molar-refractivity contribution is 5.78. The summed E-state index contributed by atoms with van der Waals surface area (Å²) in [6, 6.07) is 1.91. The Bertz CT molecular complexity index is 399. The molecule has 1 N–H and O–H groups in total. The molecule has 4 nitrogen and oxygen atoms in total. The van der Waals surface area contributed by atoms with Crippen molar-refractivity contribution in [1.29, 1.82) is 0 Å². The van der Waals surface area contributed by atoms with Gasteiger partial charge in [-0.2, -0.15) is 0 Å². The van der Waals surface area contributed by atoms with E-state index in [9.17, 15) is 9.90 Å². The molecule has 0 spiro atoms. The summed E-state index contributed by atoms with van der Waals surface area (Å²) in [5, 5.41) is 9.27. The van der Waals surface area contributed by atoms with Crippen LogP contribution in [0.15, 0.2) is 16.7 Å². The van der Waals surface area contributed by atoms with E-state index in [-0.39, 0.29) is 0 Å². The number of hydrogen-bond donors (Lipinski definition) is 1. The lowest BCUT2D eigenvalue weighted by molar-refractivity contribution is -0.149. The fourth-order valence-electron chi connectivity index (χ4n) is 2.25. The number of carbonyl (C=O) groups is 1. The quantitative estimate of drug-likeness (QED) is 0.851. The number of carboxylic acids is 1. The molecule has 1 saturated heterocycles. The first kappa shape index (κ1) is 11.2. The largest absolute Gasteiger partial charge is 0.480 e. The van der Waals surface area contributed by atoms with Crippen LogP contribution in [0.3, 0.4) is 0 Å². The Morgan fingerprint density at radius 3 is 3.00 bits per heavy atom. The van der Waals surface area contributed by atoms with Crippen LogP contribution < -0.4 is 0 Å². The standard InChI is InChI=1S/C12H17NO3/c1-9-4-7-16-10(9)8-13-6-3-5-12(13,2)11(14)15/h4,7H,3,5-6,8H2,1-2H3,(H,14,15). The van der Waals surface area contributed by atoms with E-state index in [2.05, 4.69) is 0 Å². The molecular weight excluding hydrogens is 206 g/mol. The van der Waals surface area contributed by atoms with Gasteiger partial charge in [0.15, 0.2) is 0 Å². The van der Waals surface area contributed by atoms with Crippen molar-refractivity contribution in [1.82, 2.24) is 4.90 Å². The van der Waals surface area contributed by atoms with Crippen molar-refractivity contribution in [2.24, 2.45) is 0 Å². The summed E-state index contributed by atoms with van der Waals surface area (Å²) >= 11 is 0. The molecule has 1 fully saturated rings. The van der Waals surface area contributed by atoms with E-state index in [0.717, 1.165) is 24.3 Å². The minimum atomic E-state index is -0.741. The molecule has 0 radical (unpaired) electrons. The van der Waals surface area contributed by atoms with Crippen LogP contribution in [-0.4, -0.2) is 28.1 Å². The van der Waals surface area contributed by atoms with Crippen molar-refractivity contribution < 1.29 is 14.3 Å². The van der Waals surface area contributed by atoms with E-state index in [1.807, 2.05) is 17.9 Å². The lowest BCUT2D eigenvalue weighted by atomic mass is 9.99. The van der Waals surface area contributed by atoms with E-state index in [1.165, 1.54) is 0 Å². The van der Waals surface area contributed by atoms with Gasteiger partial charge in [-0.1, -0.05) is 0 Å². The molecule has 16 heavy (non-hydrogen) atoms. The molecule has 1 aromatic heterocycles. The van der Waals surface area contributed by atoms with Gasteiger partial charge in [0, 0.05) is 0 Å². The zero-order chi connectivity index (χ0) is 11.8. The molecule has 1 unspecified atom stereocenters. The number of likely N-dealkylation sites (tertiary alicyclic amines) is 1. The summed E-state index contributed by atoms with van der Waals surface area (Å²) in [6.45, 7) is 5.18. The maximum Gasteiger partial charge on any atom is 0.323 e. The zero-order valence-corrected chi connectivity index (χ0v) is 9.69.